The number of non-ortho nitro benzene ring substituents is 1. The molecule has 0 heterocycles. The number of carboxylic acids is 1. The molecule has 1 amide bonds. The van der Waals surface area contributed by atoms with Gasteiger partial charge in [0.15, 0.2) is 6.10 Å². The summed E-state index contributed by atoms with van der Waals surface area (Å²) in [5, 5.41) is 23.2. The number of ether oxygens (including phenoxy) is 2. The van der Waals surface area contributed by atoms with Gasteiger partial charge in [0.05, 0.1) is 18.0 Å². The molecule has 0 spiro atoms. The zero-order chi connectivity index (χ0) is 23.7. The molecule has 32 heavy (non-hydrogen) atoms. The molecule has 0 bridgehead atoms. The zero-order valence-electron chi connectivity index (χ0n) is 17.6. The SMILES string of the molecule is CCOC(=O)C[C@H](c1ccc([N+](=O)[O-])cc1)[C@@H](NC(=O)[C@@H](OC)c1ccccc1)C(=O)O. The van der Waals surface area contributed by atoms with E-state index in [4.69, 9.17) is 9.47 Å². The first-order valence-corrected chi connectivity index (χ1v) is 9.79. The summed E-state index contributed by atoms with van der Waals surface area (Å²) in [7, 11) is 1.32. The summed E-state index contributed by atoms with van der Waals surface area (Å²) in [5.74, 6) is -3.79. The molecule has 0 saturated carbocycles. The molecule has 0 fully saturated rings. The van der Waals surface area contributed by atoms with Crippen LogP contribution in [0, 0.1) is 10.1 Å². The van der Waals surface area contributed by atoms with Crippen molar-refractivity contribution >= 4 is 23.5 Å². The first kappa shape index (κ1) is 24.5. The number of aliphatic carboxylic acids is 1. The Morgan fingerprint density at radius 1 is 1.06 bits per heavy atom. The van der Waals surface area contributed by atoms with Gasteiger partial charge in [-0.05, 0) is 18.1 Å². The first-order valence-electron chi connectivity index (χ1n) is 9.79. The number of nitrogens with zero attached hydrogens (tertiary/aromatic N) is 1. The van der Waals surface area contributed by atoms with Gasteiger partial charge in [0.1, 0.15) is 6.04 Å². The zero-order valence-corrected chi connectivity index (χ0v) is 17.6. The van der Waals surface area contributed by atoms with E-state index in [1.807, 2.05) is 0 Å². The Hall–Kier alpha value is -3.79. The van der Waals surface area contributed by atoms with Gasteiger partial charge in [0.2, 0.25) is 0 Å². The van der Waals surface area contributed by atoms with E-state index >= 15 is 0 Å². The number of carboxylic acid groups (broad SMARTS) is 1. The van der Waals surface area contributed by atoms with E-state index in [-0.39, 0.29) is 18.7 Å². The van der Waals surface area contributed by atoms with Gasteiger partial charge in [0.25, 0.3) is 11.6 Å². The summed E-state index contributed by atoms with van der Waals surface area (Å²) in [5.41, 5.74) is 0.655. The van der Waals surface area contributed by atoms with Crippen molar-refractivity contribution in [1.82, 2.24) is 5.32 Å². The number of hydrogen-bond donors (Lipinski definition) is 2. The molecule has 3 atom stereocenters. The summed E-state index contributed by atoms with van der Waals surface area (Å²) in [6.07, 6.45) is -1.43. The van der Waals surface area contributed by atoms with Crippen molar-refractivity contribution in [3.63, 3.8) is 0 Å². The number of nitro groups is 1. The maximum absolute atomic E-state index is 12.9. The van der Waals surface area contributed by atoms with E-state index in [0.717, 1.165) is 0 Å². The van der Waals surface area contributed by atoms with Crippen molar-refractivity contribution in [2.45, 2.75) is 31.4 Å². The highest BCUT2D eigenvalue weighted by molar-refractivity contribution is 5.88. The number of esters is 1. The minimum Gasteiger partial charge on any atom is -0.480 e. The van der Waals surface area contributed by atoms with Crippen molar-refractivity contribution in [3.8, 4) is 0 Å². The van der Waals surface area contributed by atoms with E-state index in [1.165, 1.54) is 31.4 Å². The van der Waals surface area contributed by atoms with Crippen LogP contribution >= 0.6 is 0 Å². The number of rotatable bonds is 11. The average Bonchev–Trinajstić information content (AvgIpc) is 2.77. The molecule has 2 aromatic rings. The topological polar surface area (TPSA) is 145 Å². The Morgan fingerprint density at radius 2 is 1.69 bits per heavy atom. The lowest BCUT2D eigenvalue weighted by molar-refractivity contribution is -0.384. The highest BCUT2D eigenvalue weighted by Crippen LogP contribution is 2.28. The van der Waals surface area contributed by atoms with E-state index in [0.29, 0.717) is 11.1 Å². The Morgan fingerprint density at radius 3 is 2.19 bits per heavy atom. The van der Waals surface area contributed by atoms with Crippen molar-refractivity contribution in [1.29, 1.82) is 0 Å². The third-order valence-corrected chi connectivity index (χ3v) is 4.77. The van der Waals surface area contributed by atoms with Gasteiger partial charge in [-0.15, -0.1) is 0 Å². The van der Waals surface area contributed by atoms with Crippen LogP contribution in [0.4, 0.5) is 5.69 Å². The number of carbonyl (C=O) groups is 3. The molecule has 0 aromatic heterocycles. The fourth-order valence-electron chi connectivity index (χ4n) is 3.26. The van der Waals surface area contributed by atoms with Crippen LogP contribution < -0.4 is 5.32 Å². The summed E-state index contributed by atoms with van der Waals surface area (Å²) in [6, 6.07) is 12.1. The van der Waals surface area contributed by atoms with Crippen LogP contribution in [0.5, 0.6) is 0 Å². The molecule has 0 radical (unpaired) electrons. The van der Waals surface area contributed by atoms with Crippen LogP contribution in [0.3, 0.4) is 0 Å². The summed E-state index contributed by atoms with van der Waals surface area (Å²) >= 11 is 0. The van der Waals surface area contributed by atoms with Gasteiger partial charge in [0, 0.05) is 25.2 Å². The maximum Gasteiger partial charge on any atom is 0.326 e. The number of nitrogens with one attached hydrogen (secondary N) is 1. The molecule has 2 aromatic carbocycles. The summed E-state index contributed by atoms with van der Waals surface area (Å²) < 4.78 is 10.2. The molecule has 0 aliphatic carbocycles. The van der Waals surface area contributed by atoms with E-state index < -0.39 is 40.8 Å². The Labute approximate surface area is 184 Å². The third-order valence-electron chi connectivity index (χ3n) is 4.77. The molecule has 10 heteroatoms. The van der Waals surface area contributed by atoms with Crippen LogP contribution in [0.2, 0.25) is 0 Å². The van der Waals surface area contributed by atoms with E-state index in [2.05, 4.69) is 5.32 Å². The van der Waals surface area contributed by atoms with Gasteiger partial charge >= 0.3 is 11.9 Å². The molecule has 0 aliphatic rings. The molecule has 2 N–H and O–H groups in total. The molecule has 0 saturated heterocycles. The van der Waals surface area contributed by atoms with E-state index in [9.17, 15) is 29.6 Å². The monoisotopic (exact) mass is 444 g/mol. The number of methoxy groups -OCH3 is 1. The predicted octanol–water partition coefficient (Wildman–Crippen LogP) is 2.59. The number of hydrogen-bond acceptors (Lipinski definition) is 7. The molecule has 10 nitrogen and oxygen atoms in total. The van der Waals surface area contributed by atoms with Crippen molar-refractivity contribution in [2.75, 3.05) is 13.7 Å². The lowest BCUT2D eigenvalue weighted by Crippen LogP contribution is -2.47. The van der Waals surface area contributed by atoms with Gasteiger partial charge < -0.3 is 19.9 Å². The fraction of sp³-hybridized carbons (Fsp3) is 0.318. The summed E-state index contributed by atoms with van der Waals surface area (Å²) in [4.78, 5) is 47.5. The van der Waals surface area contributed by atoms with Crippen LogP contribution in [-0.2, 0) is 23.9 Å². The number of nitro benzene ring substituents is 1. The number of carbonyl (C=O) groups excluding carboxylic acids is 2. The van der Waals surface area contributed by atoms with Gasteiger partial charge in [-0.25, -0.2) is 4.79 Å². The maximum atomic E-state index is 12.9. The second kappa shape index (κ2) is 11.6. The minimum atomic E-state index is -1.52. The number of benzene rings is 2. The first-order chi connectivity index (χ1) is 15.3. The molecular formula is C22H24N2O8. The smallest absolute Gasteiger partial charge is 0.326 e. The molecule has 2 rings (SSSR count). The second-order valence-electron chi connectivity index (χ2n) is 6.82. The highest BCUT2D eigenvalue weighted by Gasteiger charge is 2.35. The highest BCUT2D eigenvalue weighted by atomic mass is 16.6. The van der Waals surface area contributed by atoms with Crippen molar-refractivity contribution < 1.29 is 33.9 Å². The van der Waals surface area contributed by atoms with Crippen LogP contribution in [0.15, 0.2) is 54.6 Å². The van der Waals surface area contributed by atoms with E-state index in [1.54, 1.807) is 37.3 Å². The molecule has 0 unspecified atom stereocenters. The second-order valence-corrected chi connectivity index (χ2v) is 6.82. The Balaban J connectivity index is 2.37. The van der Waals surface area contributed by atoms with Gasteiger partial charge in [-0.2, -0.15) is 0 Å². The molecule has 0 aliphatic heterocycles. The van der Waals surface area contributed by atoms with Crippen molar-refractivity contribution in [2.24, 2.45) is 0 Å². The quantitative estimate of drug-likeness (QED) is 0.306. The largest absolute Gasteiger partial charge is 0.480 e. The average molecular weight is 444 g/mol. The van der Waals surface area contributed by atoms with Crippen LogP contribution in [0.1, 0.15) is 36.5 Å². The number of amides is 1. The molecular weight excluding hydrogens is 420 g/mol. The van der Waals surface area contributed by atoms with Crippen LogP contribution in [-0.4, -0.2) is 47.6 Å². The Kier molecular flexibility index (Phi) is 8.84. The standard InChI is InChI=1S/C22H24N2O8/c1-3-32-18(25)13-17(14-9-11-16(12-10-14)24(29)30)19(22(27)28)23-21(26)20(31-2)15-7-5-4-6-8-15/h4-12,17,19-20H,3,13H2,1-2H3,(H,23,26)(H,27,28)/t17-,19-,20+/m1/s1. The third kappa shape index (κ3) is 6.35. The lowest BCUT2D eigenvalue weighted by Gasteiger charge is -2.26. The van der Waals surface area contributed by atoms with Crippen LogP contribution in [0.25, 0.3) is 0 Å². The minimum absolute atomic E-state index is 0.0929. The normalized spacial score (nSPS) is 13.4. The van der Waals surface area contributed by atoms with Gasteiger partial charge in [-0.3, -0.25) is 19.7 Å². The molecule has 170 valence electrons. The lowest BCUT2D eigenvalue weighted by atomic mass is 9.88. The van der Waals surface area contributed by atoms with Gasteiger partial charge in [-0.1, -0.05) is 42.5 Å². The predicted molar refractivity (Wildman–Crippen MR) is 113 cm³/mol. The van der Waals surface area contributed by atoms with Crippen molar-refractivity contribution in [3.05, 3.63) is 75.8 Å². The summed E-state index contributed by atoms with van der Waals surface area (Å²) in [6.45, 7) is 1.70. The Bertz CT molecular complexity index is 946. The fourth-order valence-corrected chi connectivity index (χ4v) is 3.26.